The summed E-state index contributed by atoms with van der Waals surface area (Å²) in [7, 11) is 0. The lowest BCUT2D eigenvalue weighted by atomic mass is 10.1. The highest BCUT2D eigenvalue weighted by Crippen LogP contribution is 2.42. The number of nitrogens with one attached hydrogen (secondary N) is 1. The van der Waals surface area contributed by atoms with E-state index in [0.717, 1.165) is 23.8 Å². The molecule has 23 heavy (non-hydrogen) atoms. The molecule has 1 aromatic carbocycles. The Hall–Kier alpha value is -2.63. The molecule has 1 saturated carbocycles. The van der Waals surface area contributed by atoms with Gasteiger partial charge in [-0.2, -0.15) is 0 Å². The molecule has 0 unspecified atom stereocenters. The van der Waals surface area contributed by atoms with Gasteiger partial charge in [0.2, 0.25) is 0 Å². The molecule has 6 nitrogen and oxygen atoms in total. The Morgan fingerprint density at radius 1 is 1.22 bits per heavy atom. The van der Waals surface area contributed by atoms with Crippen LogP contribution in [0.3, 0.4) is 0 Å². The van der Waals surface area contributed by atoms with E-state index in [4.69, 9.17) is 5.73 Å². The van der Waals surface area contributed by atoms with E-state index < -0.39 is 0 Å². The fourth-order valence-corrected chi connectivity index (χ4v) is 3.75. The Kier molecular flexibility index (Phi) is 3.37. The van der Waals surface area contributed by atoms with Crippen LogP contribution in [0.15, 0.2) is 36.7 Å². The summed E-state index contributed by atoms with van der Waals surface area (Å²) in [6.45, 7) is 1.07. The second-order valence-corrected chi connectivity index (χ2v) is 6.25. The number of aromatic nitrogens is 2. The molecule has 6 heteroatoms. The number of rotatable bonds is 3. The smallest absolute Gasteiger partial charge is 0.278 e. The number of carbonyl (C=O) groups is 1. The number of para-hydroxylation sites is 2. The molecule has 4 rings (SSSR count). The Bertz CT molecular complexity index is 747. The van der Waals surface area contributed by atoms with Crippen molar-refractivity contribution >= 4 is 23.1 Å². The number of fused-ring (bicyclic) bond motifs is 2. The summed E-state index contributed by atoms with van der Waals surface area (Å²) in [6, 6.07) is 8.52. The summed E-state index contributed by atoms with van der Waals surface area (Å²) in [5, 5.41) is 2.94. The van der Waals surface area contributed by atoms with Crippen molar-refractivity contribution in [3.8, 4) is 0 Å². The van der Waals surface area contributed by atoms with E-state index in [2.05, 4.69) is 26.3 Å². The molecule has 2 atom stereocenters. The molecule has 118 valence electrons. The number of nitrogen functional groups attached to an aromatic ring is 1. The maximum atomic E-state index is 12.4. The Morgan fingerprint density at radius 3 is 2.78 bits per heavy atom. The van der Waals surface area contributed by atoms with Crippen LogP contribution in [-0.4, -0.2) is 28.5 Å². The monoisotopic (exact) mass is 309 g/mol. The van der Waals surface area contributed by atoms with Gasteiger partial charge in [0.15, 0.2) is 11.5 Å². The van der Waals surface area contributed by atoms with Crippen LogP contribution in [0.2, 0.25) is 0 Å². The molecule has 2 aliphatic rings. The number of carbonyl (C=O) groups excluding carboxylic acids is 1. The van der Waals surface area contributed by atoms with Crippen molar-refractivity contribution in [3.63, 3.8) is 0 Å². The predicted molar refractivity (Wildman–Crippen MR) is 89.3 cm³/mol. The van der Waals surface area contributed by atoms with Crippen molar-refractivity contribution in [1.29, 1.82) is 0 Å². The number of benzene rings is 1. The fourth-order valence-electron chi connectivity index (χ4n) is 3.75. The van der Waals surface area contributed by atoms with Gasteiger partial charge in [-0.3, -0.25) is 4.79 Å². The zero-order valence-electron chi connectivity index (χ0n) is 12.8. The molecule has 1 aliphatic heterocycles. The number of nitrogens with zero attached hydrogens (tertiary/aromatic N) is 3. The van der Waals surface area contributed by atoms with Crippen molar-refractivity contribution in [2.24, 2.45) is 5.92 Å². The van der Waals surface area contributed by atoms with Crippen LogP contribution in [0, 0.1) is 5.92 Å². The summed E-state index contributed by atoms with van der Waals surface area (Å²) in [4.78, 5) is 22.8. The lowest BCUT2D eigenvalue weighted by Crippen LogP contribution is -2.32. The summed E-state index contributed by atoms with van der Waals surface area (Å²) in [5.41, 5.74) is 7.78. The molecule has 0 spiro atoms. The maximum Gasteiger partial charge on any atom is 0.278 e. The number of piperidine rings is 1. The van der Waals surface area contributed by atoms with Crippen LogP contribution in [0.5, 0.6) is 0 Å². The van der Waals surface area contributed by atoms with Gasteiger partial charge in [-0.1, -0.05) is 12.1 Å². The minimum absolute atomic E-state index is 0.141. The molecule has 1 saturated heterocycles. The lowest BCUT2D eigenvalue weighted by molar-refractivity contribution is 0.102. The number of anilines is 3. The average molecular weight is 309 g/mol. The SMILES string of the molecule is Nc1nccnc1C(=O)Nc1ccccc1N1C[C@H]2CC[C@H]1C2. The number of hydrogen-bond donors (Lipinski definition) is 2. The van der Waals surface area contributed by atoms with E-state index in [0.29, 0.717) is 6.04 Å². The summed E-state index contributed by atoms with van der Waals surface area (Å²) >= 11 is 0. The Balaban J connectivity index is 1.60. The maximum absolute atomic E-state index is 12.4. The second kappa shape index (κ2) is 5.53. The summed E-state index contributed by atoms with van der Waals surface area (Å²) < 4.78 is 0. The van der Waals surface area contributed by atoms with Gasteiger partial charge in [0.25, 0.3) is 5.91 Å². The number of hydrogen-bond acceptors (Lipinski definition) is 5. The molecule has 1 amide bonds. The van der Waals surface area contributed by atoms with Gasteiger partial charge in [0.05, 0.1) is 11.4 Å². The first-order chi connectivity index (χ1) is 11.2. The third kappa shape index (κ3) is 2.50. The minimum atomic E-state index is -0.326. The highest BCUT2D eigenvalue weighted by atomic mass is 16.1. The van der Waals surface area contributed by atoms with Crippen LogP contribution in [-0.2, 0) is 0 Å². The molecule has 2 bridgehead atoms. The van der Waals surface area contributed by atoms with Crippen molar-refractivity contribution in [3.05, 3.63) is 42.4 Å². The zero-order chi connectivity index (χ0) is 15.8. The zero-order valence-corrected chi connectivity index (χ0v) is 12.8. The van der Waals surface area contributed by atoms with Crippen molar-refractivity contribution in [1.82, 2.24) is 9.97 Å². The molecule has 2 fully saturated rings. The van der Waals surface area contributed by atoms with Gasteiger partial charge < -0.3 is 16.0 Å². The van der Waals surface area contributed by atoms with E-state index in [1.54, 1.807) is 0 Å². The quantitative estimate of drug-likeness (QED) is 0.909. The van der Waals surface area contributed by atoms with Gasteiger partial charge >= 0.3 is 0 Å². The van der Waals surface area contributed by atoms with E-state index in [1.807, 2.05) is 18.2 Å². The van der Waals surface area contributed by atoms with E-state index >= 15 is 0 Å². The van der Waals surface area contributed by atoms with Gasteiger partial charge in [-0.25, -0.2) is 9.97 Å². The predicted octanol–water partition coefficient (Wildman–Crippen LogP) is 2.30. The molecule has 3 N–H and O–H groups in total. The summed E-state index contributed by atoms with van der Waals surface area (Å²) in [5.74, 6) is 0.606. The molecular weight excluding hydrogens is 290 g/mol. The van der Waals surface area contributed by atoms with Crippen molar-refractivity contribution < 1.29 is 4.79 Å². The summed E-state index contributed by atoms with van der Waals surface area (Å²) in [6.07, 6.45) is 6.77. The first kappa shape index (κ1) is 14.0. The highest BCUT2D eigenvalue weighted by molar-refractivity contribution is 6.07. The normalized spacial score (nSPS) is 22.3. The van der Waals surface area contributed by atoms with Gasteiger partial charge in [-0.05, 0) is 37.3 Å². The van der Waals surface area contributed by atoms with Gasteiger partial charge in [0.1, 0.15) is 0 Å². The molecule has 0 radical (unpaired) electrons. The van der Waals surface area contributed by atoms with Crippen LogP contribution in [0.25, 0.3) is 0 Å². The van der Waals surface area contributed by atoms with E-state index in [1.165, 1.54) is 31.7 Å². The Labute approximate surface area is 134 Å². The molecule has 1 aromatic heterocycles. The van der Waals surface area contributed by atoms with Crippen molar-refractivity contribution in [2.45, 2.75) is 25.3 Å². The first-order valence-electron chi connectivity index (χ1n) is 7.96. The highest BCUT2D eigenvalue weighted by Gasteiger charge is 2.38. The van der Waals surface area contributed by atoms with Crippen molar-refractivity contribution in [2.75, 3.05) is 22.5 Å². The van der Waals surface area contributed by atoms with Crippen LogP contribution in [0.4, 0.5) is 17.2 Å². The van der Waals surface area contributed by atoms with Crippen LogP contribution >= 0.6 is 0 Å². The van der Waals surface area contributed by atoms with Gasteiger partial charge in [0, 0.05) is 25.0 Å². The number of amides is 1. The number of nitrogens with two attached hydrogens (primary N) is 1. The third-order valence-electron chi connectivity index (χ3n) is 4.81. The van der Waals surface area contributed by atoms with Gasteiger partial charge in [-0.15, -0.1) is 0 Å². The molecule has 1 aliphatic carbocycles. The molecular formula is C17H19N5O. The largest absolute Gasteiger partial charge is 0.382 e. The Morgan fingerprint density at radius 2 is 2.04 bits per heavy atom. The van der Waals surface area contributed by atoms with E-state index in [9.17, 15) is 4.79 Å². The minimum Gasteiger partial charge on any atom is -0.382 e. The second-order valence-electron chi connectivity index (χ2n) is 6.25. The average Bonchev–Trinajstić information content (AvgIpc) is 3.19. The van der Waals surface area contributed by atoms with E-state index in [-0.39, 0.29) is 17.4 Å². The third-order valence-corrected chi connectivity index (χ3v) is 4.81. The molecule has 2 aromatic rings. The van der Waals surface area contributed by atoms with Crippen LogP contribution < -0.4 is 16.0 Å². The topological polar surface area (TPSA) is 84.1 Å². The standard InChI is InChI=1S/C17H19N5O/c18-16-15(19-7-8-20-16)17(23)21-13-3-1-2-4-14(13)22-10-11-5-6-12(22)9-11/h1-4,7-8,11-12H,5-6,9-10H2,(H2,18,20)(H,21,23)/t11-,12-/m0/s1. The lowest BCUT2D eigenvalue weighted by Gasteiger charge is -2.31. The fraction of sp³-hybridized carbons (Fsp3) is 0.353. The van der Waals surface area contributed by atoms with Crippen LogP contribution in [0.1, 0.15) is 29.8 Å². The first-order valence-corrected chi connectivity index (χ1v) is 7.96. The molecule has 2 heterocycles.